The first-order valence-electron chi connectivity index (χ1n) is 38.4. The molecule has 2 atom stereocenters. The highest BCUT2D eigenvalue weighted by molar-refractivity contribution is 5.76. The number of aliphatic hydroxyl groups excluding tert-OH is 2. The normalized spacial score (nSPS) is 12.5. The van der Waals surface area contributed by atoms with Gasteiger partial charge in [0, 0.05) is 12.8 Å². The van der Waals surface area contributed by atoms with Gasteiger partial charge < -0.3 is 20.3 Å². The van der Waals surface area contributed by atoms with Crippen molar-refractivity contribution in [1.82, 2.24) is 5.32 Å². The molecule has 0 heterocycles. The Bertz CT molecular complexity index is 1260. The van der Waals surface area contributed by atoms with Crippen LogP contribution < -0.4 is 5.32 Å². The second-order valence-corrected chi connectivity index (χ2v) is 26.7. The fourth-order valence-electron chi connectivity index (χ4n) is 12.5. The van der Waals surface area contributed by atoms with Crippen LogP contribution in [0.1, 0.15) is 444 Å². The van der Waals surface area contributed by atoms with E-state index in [9.17, 15) is 19.8 Å². The van der Waals surface area contributed by atoms with E-state index in [2.05, 4.69) is 31.3 Å². The molecule has 0 radical (unpaired) electrons. The molecule has 0 aromatic rings. The van der Waals surface area contributed by atoms with Crippen molar-refractivity contribution in [3.63, 3.8) is 0 Å². The number of nitrogens with one attached hydrogen (secondary N) is 1. The van der Waals surface area contributed by atoms with Gasteiger partial charge in [0.05, 0.1) is 25.4 Å². The summed E-state index contributed by atoms with van der Waals surface area (Å²) >= 11 is 0. The van der Waals surface area contributed by atoms with Crippen LogP contribution in [0, 0.1) is 0 Å². The highest BCUT2D eigenvalue weighted by Crippen LogP contribution is 2.20. The van der Waals surface area contributed by atoms with Gasteiger partial charge in [-0.25, -0.2) is 0 Å². The Morgan fingerprint density at radius 2 is 0.566 bits per heavy atom. The van der Waals surface area contributed by atoms with Gasteiger partial charge in [-0.05, 0) is 51.4 Å². The minimum atomic E-state index is -0.665. The largest absolute Gasteiger partial charge is 0.466 e. The third kappa shape index (κ3) is 69.6. The van der Waals surface area contributed by atoms with Gasteiger partial charge >= 0.3 is 5.97 Å². The van der Waals surface area contributed by atoms with Gasteiger partial charge in [-0.1, -0.05) is 392 Å². The molecule has 0 aliphatic carbocycles. The van der Waals surface area contributed by atoms with Gasteiger partial charge in [-0.15, -0.1) is 0 Å². The molecule has 0 aromatic heterocycles. The average molecular weight is 1170 g/mol. The van der Waals surface area contributed by atoms with Crippen LogP contribution in [0.5, 0.6) is 0 Å². The molecular weight excluding hydrogens is 1020 g/mol. The zero-order valence-electron chi connectivity index (χ0n) is 56.7. The number of hydrogen-bond donors (Lipinski definition) is 3. The number of aliphatic hydroxyl groups is 2. The summed E-state index contributed by atoms with van der Waals surface area (Å²) in [7, 11) is 0. The standard InChI is InChI=1S/C77H151NO5/c1-3-5-7-9-11-13-15-17-18-19-20-21-22-30-33-36-39-42-46-49-53-57-61-65-69-75(80)74(73-79)78-76(81)70-66-62-58-54-50-47-43-40-37-34-31-28-26-24-23-25-27-29-32-35-38-41-44-48-52-56-60-64-68-72-83-77(82)71-67-63-59-55-51-45-16-14-12-10-8-6-4-2/h23,25,74-75,79-80H,3-22,24,26-73H2,1-2H3,(H,78,81)/b25-23-. The van der Waals surface area contributed by atoms with Gasteiger partial charge in [0.2, 0.25) is 5.91 Å². The van der Waals surface area contributed by atoms with Crippen molar-refractivity contribution in [2.45, 2.75) is 456 Å². The number of rotatable bonds is 73. The number of ether oxygens (including phenoxy) is 1. The maximum atomic E-state index is 12.6. The summed E-state index contributed by atoms with van der Waals surface area (Å²) in [5.41, 5.74) is 0. The van der Waals surface area contributed by atoms with E-state index in [1.165, 1.54) is 372 Å². The SMILES string of the molecule is CCCCCCCCCCCCCCCCCCCCCCCCCCC(O)C(CO)NC(=O)CCCCCCCCCCCCCCC/C=C\CCCCCCCCCCCCCCOC(=O)CCCCCCCCCCCCCCC. The lowest BCUT2D eigenvalue weighted by Crippen LogP contribution is -2.45. The van der Waals surface area contributed by atoms with E-state index in [0.29, 0.717) is 25.9 Å². The summed E-state index contributed by atoms with van der Waals surface area (Å²) in [5, 5.41) is 23.5. The van der Waals surface area contributed by atoms with Crippen LogP contribution in [0.2, 0.25) is 0 Å². The summed E-state index contributed by atoms with van der Waals surface area (Å²) in [5.74, 6) is -0.00891. The summed E-state index contributed by atoms with van der Waals surface area (Å²) in [6, 6.07) is -0.542. The molecule has 83 heavy (non-hydrogen) atoms. The van der Waals surface area contributed by atoms with Crippen molar-refractivity contribution < 1.29 is 24.5 Å². The molecule has 6 heteroatoms. The summed E-state index contributed by atoms with van der Waals surface area (Å²) in [4.78, 5) is 24.6. The molecule has 0 saturated heterocycles. The molecule has 0 aliphatic heterocycles. The van der Waals surface area contributed by atoms with Gasteiger partial charge in [0.15, 0.2) is 0 Å². The monoisotopic (exact) mass is 1170 g/mol. The number of allylic oxidation sites excluding steroid dienone is 2. The highest BCUT2D eigenvalue weighted by atomic mass is 16.5. The Balaban J connectivity index is 3.37. The van der Waals surface area contributed by atoms with Crippen LogP contribution >= 0.6 is 0 Å². The number of amides is 1. The van der Waals surface area contributed by atoms with Crippen molar-refractivity contribution in [3.05, 3.63) is 12.2 Å². The van der Waals surface area contributed by atoms with E-state index >= 15 is 0 Å². The quantitative estimate of drug-likeness (QED) is 0.0320. The molecule has 0 fully saturated rings. The van der Waals surface area contributed by atoms with Crippen LogP contribution in [-0.4, -0.2) is 47.4 Å². The predicted octanol–water partition coefficient (Wildman–Crippen LogP) is 25.1. The molecule has 0 saturated carbocycles. The lowest BCUT2D eigenvalue weighted by atomic mass is 10.0. The molecule has 6 nitrogen and oxygen atoms in total. The van der Waals surface area contributed by atoms with Gasteiger partial charge in [-0.3, -0.25) is 9.59 Å². The molecule has 2 unspecified atom stereocenters. The third-order valence-electron chi connectivity index (χ3n) is 18.3. The molecular formula is C77H151NO5. The first kappa shape index (κ1) is 81.6. The molecule has 494 valence electrons. The first-order chi connectivity index (χ1) is 41.0. The molecule has 0 aliphatic rings. The predicted molar refractivity (Wildman–Crippen MR) is 366 cm³/mol. The fraction of sp³-hybridized carbons (Fsp3) is 0.948. The fourth-order valence-corrected chi connectivity index (χ4v) is 12.5. The highest BCUT2D eigenvalue weighted by Gasteiger charge is 2.20. The van der Waals surface area contributed by atoms with Crippen molar-refractivity contribution in [2.75, 3.05) is 13.2 Å². The van der Waals surface area contributed by atoms with E-state index < -0.39 is 12.1 Å². The molecule has 1 amide bonds. The number of esters is 1. The average Bonchev–Trinajstić information content (AvgIpc) is 3.49. The zero-order valence-corrected chi connectivity index (χ0v) is 56.7. The van der Waals surface area contributed by atoms with Gasteiger partial charge in [0.1, 0.15) is 0 Å². The lowest BCUT2D eigenvalue weighted by molar-refractivity contribution is -0.143. The van der Waals surface area contributed by atoms with Crippen molar-refractivity contribution in [2.24, 2.45) is 0 Å². The minimum absolute atomic E-state index is 0.0193. The molecule has 3 N–H and O–H groups in total. The van der Waals surface area contributed by atoms with Crippen LogP contribution in [0.25, 0.3) is 0 Å². The number of carbonyl (C=O) groups excluding carboxylic acids is 2. The third-order valence-corrected chi connectivity index (χ3v) is 18.3. The van der Waals surface area contributed by atoms with Crippen LogP contribution in [0.15, 0.2) is 12.2 Å². The first-order valence-corrected chi connectivity index (χ1v) is 38.4. The number of carbonyl (C=O) groups is 2. The summed E-state index contributed by atoms with van der Waals surface area (Å²) in [6.45, 7) is 5.01. The van der Waals surface area contributed by atoms with Gasteiger partial charge in [-0.2, -0.15) is 0 Å². The van der Waals surface area contributed by atoms with Crippen molar-refractivity contribution in [1.29, 1.82) is 0 Å². The van der Waals surface area contributed by atoms with Gasteiger partial charge in [0.25, 0.3) is 0 Å². The van der Waals surface area contributed by atoms with E-state index in [-0.39, 0.29) is 18.5 Å². The molecule has 0 spiro atoms. The van der Waals surface area contributed by atoms with E-state index in [1.807, 2.05) is 0 Å². The Kier molecular flexibility index (Phi) is 71.8. The Morgan fingerprint density at radius 3 is 0.855 bits per heavy atom. The van der Waals surface area contributed by atoms with Crippen LogP contribution in [0.3, 0.4) is 0 Å². The molecule has 0 bridgehead atoms. The smallest absolute Gasteiger partial charge is 0.305 e. The van der Waals surface area contributed by atoms with Crippen LogP contribution in [0.4, 0.5) is 0 Å². The zero-order chi connectivity index (χ0) is 59.9. The minimum Gasteiger partial charge on any atom is -0.466 e. The van der Waals surface area contributed by atoms with Crippen molar-refractivity contribution in [3.8, 4) is 0 Å². The summed E-state index contributed by atoms with van der Waals surface area (Å²) < 4.78 is 5.49. The Hall–Kier alpha value is -1.40. The van der Waals surface area contributed by atoms with E-state index in [4.69, 9.17) is 4.74 Å². The van der Waals surface area contributed by atoms with E-state index in [0.717, 1.165) is 38.5 Å². The van der Waals surface area contributed by atoms with Crippen LogP contribution in [-0.2, 0) is 14.3 Å². The maximum absolute atomic E-state index is 12.6. The number of unbranched alkanes of at least 4 members (excludes halogenated alkanes) is 60. The topological polar surface area (TPSA) is 95.9 Å². The second kappa shape index (κ2) is 73.1. The Morgan fingerprint density at radius 1 is 0.325 bits per heavy atom. The molecule has 0 rings (SSSR count). The van der Waals surface area contributed by atoms with Crippen molar-refractivity contribution >= 4 is 11.9 Å². The summed E-state index contributed by atoms with van der Waals surface area (Å²) in [6.07, 6.45) is 91.5. The molecule has 0 aromatic carbocycles. The lowest BCUT2D eigenvalue weighted by Gasteiger charge is -2.22. The number of hydrogen-bond acceptors (Lipinski definition) is 5. The van der Waals surface area contributed by atoms with E-state index in [1.54, 1.807) is 0 Å². The maximum Gasteiger partial charge on any atom is 0.305 e. The second-order valence-electron chi connectivity index (χ2n) is 26.7. The Labute approximate surface area is 520 Å².